The summed E-state index contributed by atoms with van der Waals surface area (Å²) in [5.74, 6) is 0.952. The largest absolute Gasteiger partial charge is 0.494 e. The van der Waals surface area contributed by atoms with Crippen LogP contribution in [0.5, 0.6) is 5.75 Å². The Morgan fingerprint density at radius 1 is 1.12 bits per heavy atom. The quantitative estimate of drug-likeness (QED) is 0.707. The van der Waals surface area contributed by atoms with Crippen molar-refractivity contribution >= 4 is 17.5 Å². The van der Waals surface area contributed by atoms with Crippen LogP contribution in [-0.4, -0.2) is 37.0 Å². The van der Waals surface area contributed by atoms with Crippen LogP contribution in [0.25, 0.3) is 0 Å². The SMILES string of the molecule is CCOc1ccc(NC(=O)CNC(=O)CC2CC3CCC(C2)N3)cc1. The highest BCUT2D eigenvalue weighted by molar-refractivity contribution is 5.94. The minimum absolute atomic E-state index is 0.00384. The molecule has 2 aliphatic heterocycles. The van der Waals surface area contributed by atoms with E-state index >= 15 is 0 Å². The summed E-state index contributed by atoms with van der Waals surface area (Å²) in [4.78, 5) is 24.1. The average Bonchev–Trinajstić information content (AvgIpc) is 2.94. The summed E-state index contributed by atoms with van der Waals surface area (Å²) in [6.45, 7) is 2.53. The molecule has 2 fully saturated rings. The molecule has 25 heavy (non-hydrogen) atoms. The first-order chi connectivity index (χ1) is 12.1. The van der Waals surface area contributed by atoms with E-state index in [4.69, 9.17) is 4.74 Å². The zero-order valence-electron chi connectivity index (χ0n) is 14.7. The van der Waals surface area contributed by atoms with Crippen LogP contribution in [0.2, 0.25) is 0 Å². The predicted octanol–water partition coefficient (Wildman–Crippen LogP) is 2.06. The van der Waals surface area contributed by atoms with Crippen molar-refractivity contribution in [3.63, 3.8) is 0 Å². The zero-order valence-corrected chi connectivity index (χ0v) is 14.7. The van der Waals surface area contributed by atoms with Crippen molar-refractivity contribution < 1.29 is 14.3 Å². The van der Waals surface area contributed by atoms with E-state index in [9.17, 15) is 9.59 Å². The zero-order chi connectivity index (χ0) is 17.6. The van der Waals surface area contributed by atoms with Gasteiger partial charge in [0, 0.05) is 24.2 Å². The lowest BCUT2D eigenvalue weighted by molar-refractivity contribution is -0.125. The van der Waals surface area contributed by atoms with Gasteiger partial charge in [-0.2, -0.15) is 0 Å². The van der Waals surface area contributed by atoms with Crippen LogP contribution in [-0.2, 0) is 9.59 Å². The second-order valence-corrected chi connectivity index (χ2v) is 6.96. The number of carbonyl (C=O) groups excluding carboxylic acids is 2. The first kappa shape index (κ1) is 17.7. The van der Waals surface area contributed by atoms with Crippen molar-refractivity contribution in [2.45, 2.75) is 51.1 Å². The minimum Gasteiger partial charge on any atom is -0.494 e. The van der Waals surface area contributed by atoms with Gasteiger partial charge in [-0.15, -0.1) is 0 Å². The molecule has 0 radical (unpaired) electrons. The lowest BCUT2D eigenvalue weighted by atomic mass is 9.89. The van der Waals surface area contributed by atoms with Gasteiger partial charge in [0.1, 0.15) is 5.75 Å². The average molecular weight is 345 g/mol. The van der Waals surface area contributed by atoms with Crippen molar-refractivity contribution in [1.29, 1.82) is 0 Å². The molecule has 0 aromatic heterocycles. The number of piperidine rings is 1. The fourth-order valence-electron chi connectivity index (χ4n) is 3.86. The molecule has 3 N–H and O–H groups in total. The van der Waals surface area contributed by atoms with E-state index in [0.29, 0.717) is 36.7 Å². The van der Waals surface area contributed by atoms with E-state index in [1.807, 2.05) is 19.1 Å². The number of hydrogen-bond acceptors (Lipinski definition) is 4. The van der Waals surface area contributed by atoms with E-state index in [1.165, 1.54) is 12.8 Å². The molecule has 1 aromatic rings. The standard InChI is InChI=1S/C19H27N3O3/c1-2-25-17-7-5-14(6-8-17)22-19(24)12-20-18(23)11-13-9-15-3-4-16(10-13)21-15/h5-8,13,15-16,21H,2-4,9-12H2,1H3,(H,20,23)(H,22,24). The summed E-state index contributed by atoms with van der Waals surface area (Å²) in [6.07, 6.45) is 5.12. The van der Waals surface area contributed by atoms with Crippen LogP contribution in [0, 0.1) is 5.92 Å². The molecule has 2 heterocycles. The van der Waals surface area contributed by atoms with Crippen LogP contribution in [0.4, 0.5) is 5.69 Å². The van der Waals surface area contributed by atoms with Crippen molar-refractivity contribution in [3.8, 4) is 5.75 Å². The molecule has 1 aromatic carbocycles. The number of ether oxygens (including phenoxy) is 1. The second kappa shape index (κ2) is 8.34. The Morgan fingerprint density at radius 3 is 2.44 bits per heavy atom. The molecule has 2 bridgehead atoms. The van der Waals surface area contributed by atoms with Gasteiger partial charge in [0.15, 0.2) is 0 Å². The first-order valence-electron chi connectivity index (χ1n) is 9.18. The number of hydrogen-bond donors (Lipinski definition) is 3. The lowest BCUT2D eigenvalue weighted by Gasteiger charge is -2.28. The predicted molar refractivity (Wildman–Crippen MR) is 96.5 cm³/mol. The van der Waals surface area contributed by atoms with Crippen LogP contribution in [0.1, 0.15) is 39.0 Å². The lowest BCUT2D eigenvalue weighted by Crippen LogP contribution is -2.40. The van der Waals surface area contributed by atoms with Gasteiger partial charge in [0.05, 0.1) is 13.2 Å². The molecular formula is C19H27N3O3. The summed E-state index contributed by atoms with van der Waals surface area (Å²) in [7, 11) is 0. The minimum atomic E-state index is -0.220. The van der Waals surface area contributed by atoms with Crippen molar-refractivity contribution in [2.24, 2.45) is 5.92 Å². The molecule has 6 heteroatoms. The molecule has 136 valence electrons. The third-order valence-corrected chi connectivity index (χ3v) is 4.94. The summed E-state index contributed by atoms with van der Waals surface area (Å²) < 4.78 is 5.36. The van der Waals surface area contributed by atoms with Crippen LogP contribution in [0.3, 0.4) is 0 Å². The molecule has 0 spiro atoms. The third-order valence-electron chi connectivity index (χ3n) is 4.94. The van der Waals surface area contributed by atoms with Gasteiger partial charge in [-0.05, 0) is 62.8 Å². The molecule has 0 aliphatic carbocycles. The van der Waals surface area contributed by atoms with Crippen molar-refractivity contribution in [3.05, 3.63) is 24.3 Å². The van der Waals surface area contributed by atoms with Crippen molar-refractivity contribution in [2.75, 3.05) is 18.5 Å². The van der Waals surface area contributed by atoms with Gasteiger partial charge in [-0.25, -0.2) is 0 Å². The van der Waals surface area contributed by atoms with Gasteiger partial charge >= 0.3 is 0 Å². The monoisotopic (exact) mass is 345 g/mol. The van der Waals surface area contributed by atoms with E-state index in [2.05, 4.69) is 16.0 Å². The van der Waals surface area contributed by atoms with Crippen molar-refractivity contribution in [1.82, 2.24) is 10.6 Å². The molecule has 6 nitrogen and oxygen atoms in total. The van der Waals surface area contributed by atoms with Gasteiger partial charge in [-0.1, -0.05) is 0 Å². The molecule has 0 saturated carbocycles. The summed E-state index contributed by atoms with van der Waals surface area (Å²) in [5, 5.41) is 9.09. The Morgan fingerprint density at radius 2 is 1.80 bits per heavy atom. The first-order valence-corrected chi connectivity index (χ1v) is 9.18. The van der Waals surface area contributed by atoms with Gasteiger partial charge in [-0.3, -0.25) is 9.59 Å². The van der Waals surface area contributed by atoms with E-state index < -0.39 is 0 Å². The van der Waals surface area contributed by atoms with Crippen LogP contribution >= 0.6 is 0 Å². The van der Waals surface area contributed by atoms with E-state index in [0.717, 1.165) is 18.6 Å². The second-order valence-electron chi connectivity index (χ2n) is 6.96. The highest BCUT2D eigenvalue weighted by atomic mass is 16.5. The maximum atomic E-state index is 12.1. The van der Waals surface area contributed by atoms with E-state index in [1.54, 1.807) is 12.1 Å². The Hall–Kier alpha value is -2.08. The summed E-state index contributed by atoms with van der Waals surface area (Å²) in [5.41, 5.74) is 0.692. The molecule has 2 saturated heterocycles. The highest BCUT2D eigenvalue weighted by Gasteiger charge is 2.34. The molecule has 3 rings (SSSR count). The van der Waals surface area contributed by atoms with Gasteiger partial charge in [0.25, 0.3) is 0 Å². The Kier molecular flexibility index (Phi) is 5.91. The van der Waals surface area contributed by atoms with Crippen LogP contribution in [0.15, 0.2) is 24.3 Å². The molecular weight excluding hydrogens is 318 g/mol. The fourth-order valence-corrected chi connectivity index (χ4v) is 3.86. The number of fused-ring (bicyclic) bond motifs is 2. The molecule has 2 atom stereocenters. The smallest absolute Gasteiger partial charge is 0.243 e. The number of nitrogens with one attached hydrogen (secondary N) is 3. The molecule has 2 amide bonds. The van der Waals surface area contributed by atoms with E-state index in [-0.39, 0.29) is 18.4 Å². The maximum absolute atomic E-state index is 12.1. The number of anilines is 1. The number of amides is 2. The normalized spacial score (nSPS) is 24.6. The topological polar surface area (TPSA) is 79.5 Å². The van der Waals surface area contributed by atoms with Crippen LogP contribution < -0.4 is 20.7 Å². The number of carbonyl (C=O) groups is 2. The molecule has 2 aliphatic rings. The Balaban J connectivity index is 1.37. The Labute approximate surface area is 148 Å². The van der Waals surface area contributed by atoms with Gasteiger partial charge in [0.2, 0.25) is 11.8 Å². The highest BCUT2D eigenvalue weighted by Crippen LogP contribution is 2.32. The number of benzene rings is 1. The fraction of sp³-hybridized carbons (Fsp3) is 0.579. The maximum Gasteiger partial charge on any atom is 0.243 e. The molecule has 2 unspecified atom stereocenters. The third kappa shape index (κ3) is 5.19. The Bertz CT molecular complexity index is 590. The summed E-state index contributed by atoms with van der Waals surface area (Å²) in [6, 6.07) is 8.36. The number of rotatable bonds is 7. The van der Waals surface area contributed by atoms with Gasteiger partial charge < -0.3 is 20.7 Å². The summed E-state index contributed by atoms with van der Waals surface area (Å²) >= 11 is 0.